The molecule has 1 fully saturated rings. The fourth-order valence-electron chi connectivity index (χ4n) is 3.88. The Balaban J connectivity index is 2.08. The van der Waals surface area contributed by atoms with Crippen LogP contribution in [-0.4, -0.2) is 24.5 Å². The van der Waals surface area contributed by atoms with Gasteiger partial charge in [-0.3, -0.25) is 4.79 Å². The Morgan fingerprint density at radius 2 is 1.90 bits per heavy atom. The van der Waals surface area contributed by atoms with Crippen LogP contribution < -0.4 is 10.6 Å². The number of benzene rings is 1. The molecule has 20 heavy (non-hydrogen) atoms. The van der Waals surface area contributed by atoms with Gasteiger partial charge in [-0.2, -0.15) is 0 Å². The van der Waals surface area contributed by atoms with Gasteiger partial charge in [0.15, 0.2) is 0 Å². The Morgan fingerprint density at radius 3 is 2.50 bits per heavy atom. The summed E-state index contributed by atoms with van der Waals surface area (Å²) in [5.41, 5.74) is 5.13. The molecule has 1 spiro atoms. The molecule has 2 heterocycles. The van der Waals surface area contributed by atoms with Crippen LogP contribution in [-0.2, 0) is 4.79 Å². The molecule has 0 aliphatic carbocycles. The minimum Gasteiger partial charge on any atom is -0.343 e. The smallest absolute Gasteiger partial charge is 0.244 e. The Kier molecular flexibility index (Phi) is 3.17. The van der Waals surface area contributed by atoms with Gasteiger partial charge in [0.25, 0.3) is 0 Å². The Morgan fingerprint density at radius 1 is 1.20 bits per heavy atom. The van der Waals surface area contributed by atoms with Crippen molar-refractivity contribution in [2.24, 2.45) is 0 Å². The summed E-state index contributed by atoms with van der Waals surface area (Å²) in [7, 11) is 0. The topological polar surface area (TPSA) is 41.1 Å². The molecule has 3 rings (SSSR count). The number of piperidine rings is 1. The molecule has 2 atom stereocenters. The lowest BCUT2D eigenvalue weighted by Gasteiger charge is -2.42. The van der Waals surface area contributed by atoms with Crippen LogP contribution in [0, 0.1) is 20.8 Å². The maximum Gasteiger partial charge on any atom is 0.244 e. The van der Waals surface area contributed by atoms with Crippen LogP contribution in [0.3, 0.4) is 0 Å². The number of aryl methyl sites for hydroxylation is 3. The van der Waals surface area contributed by atoms with Crippen LogP contribution in [0.25, 0.3) is 0 Å². The third-order valence-electron chi connectivity index (χ3n) is 4.66. The Labute approximate surface area is 120 Å². The average Bonchev–Trinajstić information content (AvgIpc) is 2.73. The fourth-order valence-corrected chi connectivity index (χ4v) is 3.88. The Bertz CT molecular complexity index is 568. The molecule has 3 heteroatoms. The van der Waals surface area contributed by atoms with Gasteiger partial charge in [-0.05, 0) is 50.4 Å². The van der Waals surface area contributed by atoms with Crippen LogP contribution in [0.1, 0.15) is 34.6 Å². The highest BCUT2D eigenvalue weighted by atomic mass is 16.1. The molecule has 0 aromatic heterocycles. The van der Waals surface area contributed by atoms with Crippen molar-refractivity contribution in [2.45, 2.75) is 38.6 Å². The summed E-state index contributed by atoms with van der Waals surface area (Å²) in [6.07, 6.45) is 4.73. The zero-order valence-electron chi connectivity index (χ0n) is 12.4. The first-order chi connectivity index (χ1) is 9.52. The number of hydrogen-bond donors (Lipinski definition) is 2. The monoisotopic (exact) mass is 270 g/mol. The maximum absolute atomic E-state index is 11.7. The first kappa shape index (κ1) is 13.4. The largest absolute Gasteiger partial charge is 0.343 e. The summed E-state index contributed by atoms with van der Waals surface area (Å²) in [4.78, 5) is 11.7. The quantitative estimate of drug-likeness (QED) is 0.820. The lowest BCUT2D eigenvalue weighted by Crippen LogP contribution is -2.55. The predicted molar refractivity (Wildman–Crippen MR) is 80.9 cm³/mol. The second kappa shape index (κ2) is 4.74. The number of rotatable bonds is 1. The summed E-state index contributed by atoms with van der Waals surface area (Å²) in [5, 5.41) is 6.68. The number of carbonyl (C=O) groups is 1. The first-order valence-corrected chi connectivity index (χ1v) is 7.32. The molecular formula is C17H22N2O. The van der Waals surface area contributed by atoms with Gasteiger partial charge in [0.1, 0.15) is 0 Å². The molecule has 2 aliphatic heterocycles. The molecule has 106 valence electrons. The van der Waals surface area contributed by atoms with Gasteiger partial charge in [0.2, 0.25) is 5.91 Å². The minimum absolute atomic E-state index is 0.0410. The van der Waals surface area contributed by atoms with E-state index in [0.29, 0.717) is 5.92 Å². The molecule has 2 unspecified atom stereocenters. The Hall–Kier alpha value is -1.61. The highest BCUT2D eigenvalue weighted by Gasteiger charge is 2.44. The van der Waals surface area contributed by atoms with Gasteiger partial charge >= 0.3 is 0 Å². The highest BCUT2D eigenvalue weighted by molar-refractivity contribution is 5.91. The van der Waals surface area contributed by atoms with E-state index < -0.39 is 0 Å². The van der Waals surface area contributed by atoms with Crippen molar-refractivity contribution in [3.63, 3.8) is 0 Å². The molecule has 1 aromatic rings. The third kappa shape index (κ3) is 2.06. The van der Waals surface area contributed by atoms with Crippen LogP contribution in [0.15, 0.2) is 24.3 Å². The predicted octanol–water partition coefficient (Wildman–Crippen LogP) is 2.11. The normalized spacial score (nSPS) is 28.9. The molecule has 0 bridgehead atoms. The third-order valence-corrected chi connectivity index (χ3v) is 4.66. The van der Waals surface area contributed by atoms with Crippen LogP contribution in [0.2, 0.25) is 0 Å². The van der Waals surface area contributed by atoms with E-state index in [4.69, 9.17) is 0 Å². The summed E-state index contributed by atoms with van der Waals surface area (Å²) in [5.74, 6) is 0.346. The average molecular weight is 270 g/mol. The van der Waals surface area contributed by atoms with Gasteiger partial charge < -0.3 is 10.6 Å². The zero-order valence-corrected chi connectivity index (χ0v) is 12.4. The molecule has 1 aromatic carbocycles. The van der Waals surface area contributed by atoms with Crippen molar-refractivity contribution in [3.05, 3.63) is 46.5 Å². The fraction of sp³-hybridized carbons (Fsp3) is 0.471. The van der Waals surface area contributed by atoms with E-state index in [2.05, 4.69) is 49.6 Å². The summed E-state index contributed by atoms with van der Waals surface area (Å²) < 4.78 is 0. The van der Waals surface area contributed by atoms with Gasteiger partial charge in [0, 0.05) is 18.5 Å². The molecule has 1 amide bonds. The van der Waals surface area contributed by atoms with Crippen molar-refractivity contribution in [3.8, 4) is 0 Å². The van der Waals surface area contributed by atoms with E-state index in [9.17, 15) is 4.79 Å². The molecular weight excluding hydrogens is 248 g/mol. The van der Waals surface area contributed by atoms with Gasteiger partial charge in [0.05, 0.1) is 5.54 Å². The zero-order chi connectivity index (χ0) is 14.3. The standard InChI is InChI=1S/C17H22N2O/c1-11-8-12(2)16(13(3)9-11)14-10-18-7-6-17(14)5-4-15(20)19-17/h4-5,8-9,14,18H,6-7,10H2,1-3H3,(H,19,20). The van der Waals surface area contributed by atoms with Crippen molar-refractivity contribution in [2.75, 3.05) is 13.1 Å². The number of carbonyl (C=O) groups excluding carboxylic acids is 1. The number of hydrogen-bond acceptors (Lipinski definition) is 2. The van der Waals surface area contributed by atoms with E-state index in [1.165, 1.54) is 22.3 Å². The maximum atomic E-state index is 11.7. The highest BCUT2D eigenvalue weighted by Crippen LogP contribution is 2.39. The summed E-state index contributed by atoms with van der Waals surface area (Å²) in [6, 6.07) is 4.48. The second-order valence-corrected chi connectivity index (χ2v) is 6.18. The molecule has 3 nitrogen and oxygen atoms in total. The van der Waals surface area contributed by atoms with Crippen molar-refractivity contribution in [1.82, 2.24) is 10.6 Å². The number of nitrogens with one attached hydrogen (secondary N) is 2. The van der Waals surface area contributed by atoms with E-state index in [0.717, 1.165) is 19.5 Å². The molecule has 0 saturated carbocycles. The number of amides is 1. The van der Waals surface area contributed by atoms with Gasteiger partial charge in [-0.1, -0.05) is 23.8 Å². The molecule has 2 aliphatic rings. The van der Waals surface area contributed by atoms with E-state index >= 15 is 0 Å². The summed E-state index contributed by atoms with van der Waals surface area (Å²) >= 11 is 0. The van der Waals surface area contributed by atoms with Gasteiger partial charge in [-0.15, -0.1) is 0 Å². The van der Waals surface area contributed by atoms with Crippen LogP contribution in [0.4, 0.5) is 0 Å². The minimum atomic E-state index is -0.201. The molecule has 0 radical (unpaired) electrons. The summed E-state index contributed by atoms with van der Waals surface area (Å²) in [6.45, 7) is 8.35. The lowest BCUT2D eigenvalue weighted by atomic mass is 9.72. The van der Waals surface area contributed by atoms with Crippen molar-refractivity contribution in [1.29, 1.82) is 0 Å². The van der Waals surface area contributed by atoms with Crippen molar-refractivity contribution < 1.29 is 4.79 Å². The second-order valence-electron chi connectivity index (χ2n) is 6.18. The van der Waals surface area contributed by atoms with E-state index in [1.807, 2.05) is 0 Å². The van der Waals surface area contributed by atoms with Crippen LogP contribution in [0.5, 0.6) is 0 Å². The van der Waals surface area contributed by atoms with E-state index in [1.54, 1.807) is 6.08 Å². The van der Waals surface area contributed by atoms with E-state index in [-0.39, 0.29) is 11.4 Å². The molecule has 1 saturated heterocycles. The SMILES string of the molecule is Cc1cc(C)c(C2CNCCC23C=CC(=O)N3)c(C)c1. The lowest BCUT2D eigenvalue weighted by molar-refractivity contribution is -0.117. The van der Waals surface area contributed by atoms with Crippen LogP contribution >= 0.6 is 0 Å². The first-order valence-electron chi connectivity index (χ1n) is 7.32. The van der Waals surface area contributed by atoms with Gasteiger partial charge in [-0.25, -0.2) is 0 Å². The van der Waals surface area contributed by atoms with Crippen molar-refractivity contribution >= 4 is 5.91 Å². The molecule has 2 N–H and O–H groups in total.